The van der Waals surface area contributed by atoms with E-state index in [1.165, 1.54) is 0 Å². The molecule has 1 aliphatic carbocycles. The van der Waals surface area contributed by atoms with E-state index in [1.807, 2.05) is 25.1 Å². The molecule has 2 aromatic heterocycles. The van der Waals surface area contributed by atoms with E-state index in [0.717, 1.165) is 48.8 Å². The summed E-state index contributed by atoms with van der Waals surface area (Å²) in [7, 11) is 0. The van der Waals surface area contributed by atoms with E-state index in [4.69, 9.17) is 16.9 Å². The standard InChI is InChI=1S/C24H22ClN9/c1-15(9-26)32-11-16-6-18(25)2-3-20(16)34-21(12-32)30-31-22(34)17-7-24(8-17)13-33(14-24)23-28-5-4-19(10-27)29-23/h2-6,15,17H,7-8,11-14H2,1H3. The van der Waals surface area contributed by atoms with Crippen molar-refractivity contribution < 1.29 is 0 Å². The van der Waals surface area contributed by atoms with Crippen molar-refractivity contribution >= 4 is 17.5 Å². The molecule has 1 aromatic carbocycles. The molecule has 0 bridgehead atoms. The number of benzene rings is 1. The summed E-state index contributed by atoms with van der Waals surface area (Å²) in [6.07, 6.45) is 3.70. The molecule has 6 rings (SSSR count). The number of nitrogens with zero attached hydrogens (tertiary/aromatic N) is 9. The zero-order valence-corrected chi connectivity index (χ0v) is 19.4. The van der Waals surface area contributed by atoms with Crippen molar-refractivity contribution in [2.45, 2.75) is 44.8 Å². The highest BCUT2D eigenvalue weighted by Crippen LogP contribution is 2.56. The second-order valence-electron chi connectivity index (χ2n) is 9.61. The van der Waals surface area contributed by atoms with E-state index in [0.29, 0.717) is 35.7 Å². The van der Waals surface area contributed by atoms with Crippen LogP contribution in [-0.2, 0) is 13.1 Å². The molecule has 1 atom stereocenters. The highest BCUT2D eigenvalue weighted by atomic mass is 35.5. The maximum atomic E-state index is 9.50. The maximum absolute atomic E-state index is 9.50. The molecule has 34 heavy (non-hydrogen) atoms. The fourth-order valence-electron chi connectivity index (χ4n) is 5.56. The molecule has 0 N–H and O–H groups in total. The van der Waals surface area contributed by atoms with Crippen LogP contribution in [0, 0.1) is 28.1 Å². The van der Waals surface area contributed by atoms with Crippen molar-refractivity contribution in [1.29, 1.82) is 10.5 Å². The lowest BCUT2D eigenvalue weighted by atomic mass is 9.57. The van der Waals surface area contributed by atoms with Crippen LogP contribution in [0.5, 0.6) is 0 Å². The Morgan fingerprint density at radius 2 is 1.97 bits per heavy atom. The number of anilines is 1. The number of halogens is 1. The number of rotatable bonds is 3. The van der Waals surface area contributed by atoms with Crippen molar-refractivity contribution in [3.63, 3.8) is 0 Å². The van der Waals surface area contributed by atoms with Gasteiger partial charge < -0.3 is 4.90 Å². The molecule has 0 radical (unpaired) electrons. The Kier molecular flexibility index (Phi) is 4.80. The molecule has 1 saturated heterocycles. The van der Waals surface area contributed by atoms with E-state index in [9.17, 15) is 5.26 Å². The lowest BCUT2D eigenvalue weighted by Crippen LogP contribution is -2.62. The summed E-state index contributed by atoms with van der Waals surface area (Å²) >= 11 is 6.32. The molecule has 3 aliphatic rings. The maximum Gasteiger partial charge on any atom is 0.226 e. The molecule has 9 nitrogen and oxygen atoms in total. The van der Waals surface area contributed by atoms with Crippen molar-refractivity contribution in [3.05, 3.63) is 58.4 Å². The van der Waals surface area contributed by atoms with Gasteiger partial charge in [0.05, 0.1) is 24.3 Å². The highest BCUT2D eigenvalue weighted by Gasteiger charge is 2.54. The van der Waals surface area contributed by atoms with Gasteiger partial charge in [-0.05, 0) is 49.6 Å². The fourth-order valence-corrected chi connectivity index (χ4v) is 5.76. The van der Waals surface area contributed by atoms with E-state index in [2.05, 4.69) is 46.7 Å². The van der Waals surface area contributed by atoms with Gasteiger partial charge in [-0.3, -0.25) is 9.47 Å². The van der Waals surface area contributed by atoms with Gasteiger partial charge in [0, 0.05) is 42.2 Å². The summed E-state index contributed by atoms with van der Waals surface area (Å²) in [6, 6.07) is 11.7. The molecule has 10 heteroatoms. The Labute approximate surface area is 202 Å². The zero-order chi connectivity index (χ0) is 23.4. The number of hydrogen-bond donors (Lipinski definition) is 0. The van der Waals surface area contributed by atoms with Gasteiger partial charge in [-0.2, -0.15) is 10.5 Å². The van der Waals surface area contributed by atoms with Gasteiger partial charge in [-0.1, -0.05) is 11.6 Å². The lowest BCUT2D eigenvalue weighted by molar-refractivity contribution is 0.0574. The van der Waals surface area contributed by atoms with Crippen LogP contribution in [0.15, 0.2) is 30.5 Å². The molecule has 1 unspecified atom stereocenters. The minimum Gasteiger partial charge on any atom is -0.340 e. The van der Waals surface area contributed by atoms with Crippen LogP contribution in [0.2, 0.25) is 5.02 Å². The van der Waals surface area contributed by atoms with Gasteiger partial charge in [-0.15, -0.1) is 10.2 Å². The quantitative estimate of drug-likeness (QED) is 0.572. The Hall–Kier alpha value is -3.53. The molecule has 0 amide bonds. The molecule has 1 spiro atoms. The number of nitriles is 2. The number of aromatic nitrogens is 5. The minimum absolute atomic E-state index is 0.234. The van der Waals surface area contributed by atoms with Crippen LogP contribution < -0.4 is 4.90 Å². The van der Waals surface area contributed by atoms with Crippen molar-refractivity contribution in [2.75, 3.05) is 18.0 Å². The van der Waals surface area contributed by atoms with Gasteiger partial charge in [0.2, 0.25) is 5.95 Å². The Morgan fingerprint density at radius 1 is 1.15 bits per heavy atom. The topological polar surface area (TPSA) is 111 Å². The second-order valence-corrected chi connectivity index (χ2v) is 10.0. The largest absolute Gasteiger partial charge is 0.340 e. The van der Waals surface area contributed by atoms with E-state index in [1.54, 1.807) is 12.3 Å². The van der Waals surface area contributed by atoms with E-state index >= 15 is 0 Å². The zero-order valence-electron chi connectivity index (χ0n) is 18.7. The summed E-state index contributed by atoms with van der Waals surface area (Å²) in [5.41, 5.74) is 2.75. The first-order chi connectivity index (χ1) is 16.5. The molecule has 170 valence electrons. The van der Waals surface area contributed by atoms with Crippen LogP contribution in [0.3, 0.4) is 0 Å². The third-order valence-electron chi connectivity index (χ3n) is 7.31. The lowest BCUT2D eigenvalue weighted by Gasteiger charge is -2.58. The van der Waals surface area contributed by atoms with Crippen molar-refractivity contribution in [1.82, 2.24) is 29.6 Å². The van der Waals surface area contributed by atoms with E-state index < -0.39 is 0 Å². The summed E-state index contributed by atoms with van der Waals surface area (Å²) in [5, 5.41) is 28.5. The number of hydrogen-bond acceptors (Lipinski definition) is 8. The molecule has 3 aromatic rings. The van der Waals surface area contributed by atoms with Gasteiger partial charge >= 0.3 is 0 Å². The summed E-state index contributed by atoms with van der Waals surface area (Å²) in [4.78, 5) is 12.9. The van der Waals surface area contributed by atoms with Crippen molar-refractivity contribution in [3.8, 4) is 17.8 Å². The first-order valence-electron chi connectivity index (χ1n) is 11.3. The monoisotopic (exact) mass is 471 g/mol. The Balaban J connectivity index is 1.24. The minimum atomic E-state index is -0.242. The van der Waals surface area contributed by atoms with Gasteiger partial charge in [0.15, 0.2) is 5.82 Å². The van der Waals surface area contributed by atoms with Gasteiger partial charge in [-0.25, -0.2) is 9.97 Å². The van der Waals surface area contributed by atoms with Gasteiger partial charge in [0.1, 0.15) is 17.6 Å². The van der Waals surface area contributed by atoms with Gasteiger partial charge in [0.25, 0.3) is 0 Å². The summed E-state index contributed by atoms with van der Waals surface area (Å²) in [5.74, 6) is 2.79. The molecule has 2 aliphatic heterocycles. The summed E-state index contributed by atoms with van der Waals surface area (Å²) < 4.78 is 2.18. The fraction of sp³-hybridized carbons (Fsp3) is 0.417. The first kappa shape index (κ1) is 21.0. The van der Waals surface area contributed by atoms with Crippen LogP contribution in [-0.4, -0.2) is 48.8 Å². The molecule has 4 heterocycles. The normalized spacial score (nSPS) is 19.7. The molecular formula is C24H22ClN9. The van der Waals surface area contributed by atoms with E-state index in [-0.39, 0.29) is 11.5 Å². The SMILES string of the molecule is CC(C#N)N1Cc2cc(Cl)ccc2-n2c(nnc2C2CC3(C2)CN(c2nccc(C#N)n2)C3)C1. The summed E-state index contributed by atoms with van der Waals surface area (Å²) in [6.45, 7) is 4.88. The third kappa shape index (κ3) is 3.32. The van der Waals surface area contributed by atoms with Crippen LogP contribution in [0.1, 0.15) is 48.6 Å². The predicted octanol–water partition coefficient (Wildman–Crippen LogP) is 3.19. The molecule has 2 fully saturated rings. The average Bonchev–Trinajstić information content (AvgIpc) is 3.11. The Bertz CT molecular complexity index is 1350. The first-order valence-corrected chi connectivity index (χ1v) is 11.7. The Morgan fingerprint density at radius 3 is 2.74 bits per heavy atom. The highest BCUT2D eigenvalue weighted by molar-refractivity contribution is 6.30. The van der Waals surface area contributed by atoms with Crippen molar-refractivity contribution in [2.24, 2.45) is 5.41 Å². The van der Waals surface area contributed by atoms with Crippen LogP contribution in [0.4, 0.5) is 5.95 Å². The van der Waals surface area contributed by atoms with Crippen LogP contribution >= 0.6 is 11.6 Å². The smallest absolute Gasteiger partial charge is 0.226 e. The molecular weight excluding hydrogens is 450 g/mol. The average molecular weight is 472 g/mol. The third-order valence-corrected chi connectivity index (χ3v) is 7.54. The van der Waals surface area contributed by atoms with Crippen LogP contribution in [0.25, 0.3) is 5.69 Å². The number of fused-ring (bicyclic) bond motifs is 3. The second kappa shape index (κ2) is 7.76. The molecule has 1 saturated carbocycles. The predicted molar refractivity (Wildman–Crippen MR) is 124 cm³/mol.